The van der Waals surface area contributed by atoms with E-state index < -0.39 is 0 Å². The summed E-state index contributed by atoms with van der Waals surface area (Å²) in [6, 6.07) is 0. The van der Waals surface area contributed by atoms with Crippen molar-refractivity contribution in [3.05, 3.63) is 11.1 Å². The molecule has 0 aromatic rings. The fraction of sp³-hybridized carbons (Fsp3) is 0.800. The van der Waals surface area contributed by atoms with Gasteiger partial charge in [0, 0.05) is 26.2 Å². The third-order valence-corrected chi connectivity index (χ3v) is 3.67. The van der Waals surface area contributed by atoms with E-state index in [-0.39, 0.29) is 0 Å². The molecule has 0 spiro atoms. The zero-order valence-corrected chi connectivity index (χ0v) is 7.40. The summed E-state index contributed by atoms with van der Waals surface area (Å²) in [6.07, 6.45) is 2.86. The van der Waals surface area contributed by atoms with E-state index in [2.05, 4.69) is 10.6 Å². The lowest BCUT2D eigenvalue weighted by atomic mass is 9.80. The molecule has 0 amide bonds. The van der Waals surface area contributed by atoms with E-state index in [0.717, 1.165) is 11.8 Å². The molecule has 0 radical (unpaired) electrons. The van der Waals surface area contributed by atoms with Gasteiger partial charge in [-0.1, -0.05) is 11.1 Å². The average molecular weight is 164 g/mol. The van der Waals surface area contributed by atoms with E-state index in [1.165, 1.54) is 39.0 Å². The third-order valence-electron chi connectivity index (χ3n) is 3.67. The first-order valence-electron chi connectivity index (χ1n) is 5.08. The highest BCUT2D eigenvalue weighted by molar-refractivity contribution is 5.30. The first-order chi connectivity index (χ1) is 5.95. The molecule has 1 aliphatic carbocycles. The van der Waals surface area contributed by atoms with E-state index in [0.29, 0.717) is 0 Å². The Morgan fingerprint density at radius 1 is 0.833 bits per heavy atom. The Morgan fingerprint density at radius 2 is 1.33 bits per heavy atom. The Balaban J connectivity index is 2.00. The monoisotopic (exact) mass is 164 g/mol. The van der Waals surface area contributed by atoms with Gasteiger partial charge in [-0.2, -0.15) is 0 Å². The van der Waals surface area contributed by atoms with Gasteiger partial charge in [0.1, 0.15) is 0 Å². The summed E-state index contributed by atoms with van der Waals surface area (Å²) >= 11 is 0. The highest BCUT2D eigenvalue weighted by atomic mass is 14.9. The molecule has 66 valence electrons. The average Bonchev–Trinajstić information content (AvgIpc) is 2.71. The molecule has 2 nitrogen and oxygen atoms in total. The molecule has 2 heterocycles. The molecule has 3 rings (SSSR count). The number of rotatable bonds is 0. The SMILES string of the molecule is C1NCC2CCC3CNCC3=C12. The zero-order valence-electron chi connectivity index (χ0n) is 7.40. The molecule has 0 bridgehead atoms. The second-order valence-corrected chi connectivity index (χ2v) is 4.28. The number of fused-ring (bicyclic) bond motifs is 2. The maximum absolute atomic E-state index is 3.49. The Hall–Kier alpha value is -0.340. The van der Waals surface area contributed by atoms with Gasteiger partial charge in [0.15, 0.2) is 0 Å². The molecule has 2 unspecified atom stereocenters. The van der Waals surface area contributed by atoms with Gasteiger partial charge >= 0.3 is 0 Å². The highest BCUT2D eigenvalue weighted by Gasteiger charge is 2.34. The Labute approximate surface area is 73.4 Å². The quantitative estimate of drug-likeness (QED) is 0.510. The van der Waals surface area contributed by atoms with E-state index in [1.54, 1.807) is 11.1 Å². The topological polar surface area (TPSA) is 24.1 Å². The predicted octanol–water partition coefficient (Wildman–Crippen LogP) is 0.516. The van der Waals surface area contributed by atoms with Crippen molar-refractivity contribution in [2.24, 2.45) is 11.8 Å². The van der Waals surface area contributed by atoms with E-state index in [4.69, 9.17) is 0 Å². The molecule has 0 aromatic carbocycles. The molecule has 0 aromatic heterocycles. The van der Waals surface area contributed by atoms with Gasteiger partial charge in [-0.05, 0) is 24.7 Å². The van der Waals surface area contributed by atoms with Crippen LogP contribution in [-0.4, -0.2) is 26.2 Å². The lowest BCUT2D eigenvalue weighted by molar-refractivity contribution is 0.460. The Bertz CT molecular complexity index is 208. The van der Waals surface area contributed by atoms with Gasteiger partial charge in [0.05, 0.1) is 0 Å². The fourth-order valence-corrected chi connectivity index (χ4v) is 3.00. The summed E-state index contributed by atoms with van der Waals surface area (Å²) in [6.45, 7) is 4.84. The molecule has 2 fully saturated rings. The van der Waals surface area contributed by atoms with Crippen LogP contribution in [0.15, 0.2) is 11.1 Å². The van der Waals surface area contributed by atoms with Crippen molar-refractivity contribution < 1.29 is 0 Å². The van der Waals surface area contributed by atoms with Crippen LogP contribution in [-0.2, 0) is 0 Å². The van der Waals surface area contributed by atoms with Crippen LogP contribution in [0.4, 0.5) is 0 Å². The molecule has 12 heavy (non-hydrogen) atoms. The highest BCUT2D eigenvalue weighted by Crippen LogP contribution is 2.37. The minimum absolute atomic E-state index is 0.899. The molecule has 2 heteroatoms. The van der Waals surface area contributed by atoms with Crippen LogP contribution in [0.1, 0.15) is 12.8 Å². The second kappa shape index (κ2) is 2.57. The molecule has 2 N–H and O–H groups in total. The summed E-state index contributed by atoms with van der Waals surface area (Å²) in [4.78, 5) is 0. The third kappa shape index (κ3) is 0.882. The standard InChI is InChI=1S/C10H16N2/c1-2-8-4-12-6-10(8)9-5-11-3-7(1)9/h7-8,11-12H,1-6H2. The van der Waals surface area contributed by atoms with Crippen LogP contribution >= 0.6 is 0 Å². The molecule has 2 aliphatic heterocycles. The van der Waals surface area contributed by atoms with Crippen molar-refractivity contribution in [2.45, 2.75) is 12.8 Å². The molecule has 3 aliphatic rings. The van der Waals surface area contributed by atoms with Gasteiger partial charge in [-0.3, -0.25) is 0 Å². The van der Waals surface area contributed by atoms with Crippen LogP contribution < -0.4 is 10.6 Å². The summed E-state index contributed by atoms with van der Waals surface area (Å²) in [5, 5.41) is 6.98. The molecule has 2 saturated heterocycles. The maximum Gasteiger partial charge on any atom is 0.0171 e. The molecule has 2 atom stereocenters. The van der Waals surface area contributed by atoms with E-state index in [9.17, 15) is 0 Å². The zero-order chi connectivity index (χ0) is 7.97. The lowest BCUT2D eigenvalue weighted by Crippen LogP contribution is -2.17. The molecular formula is C10H16N2. The summed E-state index contributed by atoms with van der Waals surface area (Å²) < 4.78 is 0. The summed E-state index contributed by atoms with van der Waals surface area (Å²) in [5.41, 5.74) is 3.52. The second-order valence-electron chi connectivity index (χ2n) is 4.28. The van der Waals surface area contributed by atoms with Crippen molar-refractivity contribution in [1.29, 1.82) is 0 Å². The normalized spacial score (nSPS) is 40.0. The molecular weight excluding hydrogens is 148 g/mol. The predicted molar refractivity (Wildman–Crippen MR) is 49.0 cm³/mol. The van der Waals surface area contributed by atoms with Gasteiger partial charge in [0.2, 0.25) is 0 Å². The van der Waals surface area contributed by atoms with Crippen molar-refractivity contribution in [1.82, 2.24) is 10.6 Å². The van der Waals surface area contributed by atoms with Crippen LogP contribution in [0.5, 0.6) is 0 Å². The summed E-state index contributed by atoms with van der Waals surface area (Å²) in [7, 11) is 0. The van der Waals surface area contributed by atoms with E-state index in [1.807, 2.05) is 0 Å². The van der Waals surface area contributed by atoms with Crippen molar-refractivity contribution in [3.63, 3.8) is 0 Å². The smallest absolute Gasteiger partial charge is 0.0171 e. The number of hydrogen-bond acceptors (Lipinski definition) is 2. The first-order valence-corrected chi connectivity index (χ1v) is 5.08. The molecule has 0 saturated carbocycles. The van der Waals surface area contributed by atoms with Crippen LogP contribution in [0, 0.1) is 11.8 Å². The fourth-order valence-electron chi connectivity index (χ4n) is 3.00. The van der Waals surface area contributed by atoms with E-state index >= 15 is 0 Å². The van der Waals surface area contributed by atoms with Crippen LogP contribution in [0.2, 0.25) is 0 Å². The minimum atomic E-state index is 0.899. The number of hydrogen-bond donors (Lipinski definition) is 2. The number of nitrogens with one attached hydrogen (secondary N) is 2. The summed E-state index contributed by atoms with van der Waals surface area (Å²) in [5.74, 6) is 1.80. The van der Waals surface area contributed by atoms with Crippen molar-refractivity contribution in [3.8, 4) is 0 Å². The van der Waals surface area contributed by atoms with Gasteiger partial charge in [0.25, 0.3) is 0 Å². The van der Waals surface area contributed by atoms with Gasteiger partial charge in [-0.15, -0.1) is 0 Å². The minimum Gasteiger partial charge on any atom is -0.312 e. The van der Waals surface area contributed by atoms with Crippen molar-refractivity contribution >= 4 is 0 Å². The van der Waals surface area contributed by atoms with Gasteiger partial charge in [-0.25, -0.2) is 0 Å². The Kier molecular flexibility index (Phi) is 1.52. The van der Waals surface area contributed by atoms with Gasteiger partial charge < -0.3 is 10.6 Å². The lowest BCUT2D eigenvalue weighted by Gasteiger charge is -2.24. The largest absolute Gasteiger partial charge is 0.312 e. The maximum atomic E-state index is 3.49. The van der Waals surface area contributed by atoms with Crippen LogP contribution in [0.25, 0.3) is 0 Å². The Morgan fingerprint density at radius 3 is 1.83 bits per heavy atom. The van der Waals surface area contributed by atoms with Crippen molar-refractivity contribution in [2.75, 3.05) is 26.2 Å². The first kappa shape index (κ1) is 7.10. The van der Waals surface area contributed by atoms with Crippen LogP contribution in [0.3, 0.4) is 0 Å².